The van der Waals surface area contributed by atoms with Crippen LogP contribution in [-0.4, -0.2) is 32.1 Å². The number of hydrogen-bond acceptors (Lipinski definition) is 4. The normalized spacial score (nSPS) is 13.5. The van der Waals surface area contributed by atoms with Crippen LogP contribution in [-0.2, 0) is 31.5 Å². The summed E-state index contributed by atoms with van der Waals surface area (Å²) in [6, 6.07) is 5.24. The molecule has 1 rings (SSSR count). The van der Waals surface area contributed by atoms with Gasteiger partial charge in [-0.2, -0.15) is 13.2 Å². The van der Waals surface area contributed by atoms with Crippen molar-refractivity contribution in [2.75, 3.05) is 19.8 Å². The molecule has 0 heterocycles. The minimum absolute atomic E-state index is 0.313. The van der Waals surface area contributed by atoms with Crippen molar-refractivity contribution in [3.05, 3.63) is 35.4 Å². The van der Waals surface area contributed by atoms with Gasteiger partial charge in [-0.15, -0.1) is 0 Å². The molecule has 1 atom stereocenters. The van der Waals surface area contributed by atoms with E-state index >= 15 is 0 Å². The zero-order valence-corrected chi connectivity index (χ0v) is 20.1. The largest absolute Gasteiger partial charge is 0.416 e. The van der Waals surface area contributed by atoms with E-state index in [0.717, 1.165) is 37.0 Å². The molecular formula is C25H41F3O4. The third kappa shape index (κ3) is 11.1. The van der Waals surface area contributed by atoms with Crippen LogP contribution in [0.25, 0.3) is 0 Å². The molecule has 0 aliphatic rings. The van der Waals surface area contributed by atoms with Crippen molar-refractivity contribution in [1.29, 1.82) is 0 Å². The third-order valence-corrected chi connectivity index (χ3v) is 5.15. The maximum absolute atomic E-state index is 12.9. The van der Waals surface area contributed by atoms with Crippen molar-refractivity contribution < 1.29 is 32.1 Å². The van der Waals surface area contributed by atoms with Gasteiger partial charge in [-0.3, -0.25) is 4.74 Å². The predicted octanol–water partition coefficient (Wildman–Crippen LogP) is 7.49. The molecule has 0 aliphatic carbocycles. The smallest absolute Gasteiger partial charge is 0.304 e. The number of halogens is 3. The van der Waals surface area contributed by atoms with Crippen LogP contribution in [0.2, 0.25) is 0 Å². The van der Waals surface area contributed by atoms with Crippen LogP contribution < -0.4 is 0 Å². The number of hydrogen-bond donors (Lipinski definition) is 0. The first-order valence-corrected chi connectivity index (χ1v) is 12.1. The topological polar surface area (TPSA) is 36.9 Å². The van der Waals surface area contributed by atoms with Gasteiger partial charge in [-0.05, 0) is 51.3 Å². The molecule has 0 N–H and O–H groups in total. The van der Waals surface area contributed by atoms with Gasteiger partial charge < -0.3 is 14.2 Å². The summed E-state index contributed by atoms with van der Waals surface area (Å²) >= 11 is 0. The zero-order chi connectivity index (χ0) is 23.9. The van der Waals surface area contributed by atoms with Gasteiger partial charge in [-0.25, -0.2) is 0 Å². The van der Waals surface area contributed by atoms with E-state index in [-0.39, 0.29) is 6.10 Å². The quantitative estimate of drug-likeness (QED) is 0.167. The van der Waals surface area contributed by atoms with Crippen molar-refractivity contribution >= 4 is 0 Å². The molecule has 0 aliphatic heterocycles. The fraction of sp³-hybridized carbons (Fsp3) is 0.760. The molecule has 186 valence electrons. The molecule has 1 aromatic rings. The Balaban J connectivity index is 2.86. The molecule has 0 saturated heterocycles. The Morgan fingerprint density at radius 2 is 1.22 bits per heavy atom. The Kier molecular flexibility index (Phi) is 14.1. The second-order valence-corrected chi connectivity index (χ2v) is 7.85. The lowest BCUT2D eigenvalue weighted by atomic mass is 10.0. The molecule has 0 saturated carbocycles. The fourth-order valence-corrected chi connectivity index (χ4v) is 3.59. The molecule has 0 aromatic heterocycles. The lowest BCUT2D eigenvalue weighted by Gasteiger charge is -2.34. The van der Waals surface area contributed by atoms with E-state index in [9.17, 15) is 13.2 Å². The van der Waals surface area contributed by atoms with E-state index in [0.29, 0.717) is 26.2 Å². The van der Waals surface area contributed by atoms with Crippen molar-refractivity contribution in [2.24, 2.45) is 0 Å². The summed E-state index contributed by atoms with van der Waals surface area (Å²) in [5.74, 6) is 0. The van der Waals surface area contributed by atoms with E-state index < -0.39 is 17.9 Å². The van der Waals surface area contributed by atoms with Gasteiger partial charge in [0.1, 0.15) is 0 Å². The summed E-state index contributed by atoms with van der Waals surface area (Å²) in [7, 11) is 0. The molecule has 0 bridgehead atoms. The first kappa shape index (κ1) is 28.9. The Labute approximate surface area is 191 Å². The average molecular weight is 463 g/mol. The van der Waals surface area contributed by atoms with Crippen LogP contribution in [0.1, 0.15) is 90.2 Å². The lowest BCUT2D eigenvalue weighted by Crippen LogP contribution is -2.45. The molecule has 7 heteroatoms. The van der Waals surface area contributed by atoms with Crippen LogP contribution in [0.5, 0.6) is 0 Å². The second-order valence-electron chi connectivity index (χ2n) is 7.85. The molecule has 4 nitrogen and oxygen atoms in total. The van der Waals surface area contributed by atoms with E-state index in [1.54, 1.807) is 0 Å². The predicted molar refractivity (Wildman–Crippen MR) is 120 cm³/mol. The molecule has 1 aromatic carbocycles. The van der Waals surface area contributed by atoms with Gasteiger partial charge in [0.25, 0.3) is 0 Å². The van der Waals surface area contributed by atoms with Crippen molar-refractivity contribution in [3.8, 4) is 0 Å². The van der Waals surface area contributed by atoms with Crippen LogP contribution in [0.3, 0.4) is 0 Å². The first-order chi connectivity index (χ1) is 15.3. The van der Waals surface area contributed by atoms with Crippen molar-refractivity contribution in [1.82, 2.24) is 0 Å². The summed E-state index contributed by atoms with van der Waals surface area (Å²) in [5, 5.41) is 0. The van der Waals surface area contributed by atoms with Crippen molar-refractivity contribution in [3.63, 3.8) is 0 Å². The van der Waals surface area contributed by atoms with E-state index in [1.807, 2.05) is 20.8 Å². The van der Waals surface area contributed by atoms with Gasteiger partial charge in [0, 0.05) is 0 Å². The summed E-state index contributed by atoms with van der Waals surface area (Å²) in [4.78, 5) is 0. The van der Waals surface area contributed by atoms with Crippen LogP contribution in [0.15, 0.2) is 24.3 Å². The fourth-order valence-electron chi connectivity index (χ4n) is 3.59. The van der Waals surface area contributed by atoms with E-state index in [1.165, 1.54) is 44.2 Å². The lowest BCUT2D eigenvalue weighted by molar-refractivity contribution is -0.506. The Morgan fingerprint density at radius 3 is 1.69 bits per heavy atom. The minimum atomic E-state index is -4.35. The Hall–Kier alpha value is -1.15. The van der Waals surface area contributed by atoms with Gasteiger partial charge in [0.15, 0.2) is 0 Å². The highest BCUT2D eigenvalue weighted by Crippen LogP contribution is 2.30. The summed E-state index contributed by atoms with van der Waals surface area (Å²) < 4.78 is 62.0. The Morgan fingerprint density at radius 1 is 0.719 bits per heavy atom. The number of alkyl halides is 3. The standard InChI is InChI=1S/C25H41F3O4/c1-5-9-10-11-12-13-14-15-23(32-25(29-6-2,30-7-3)31-8-4)20-21-16-18-22(19-17-21)24(26,27)28/h16-19,23H,5-15,20H2,1-4H3. The number of benzene rings is 1. The van der Waals surface area contributed by atoms with Crippen LogP contribution in [0, 0.1) is 0 Å². The van der Waals surface area contributed by atoms with Gasteiger partial charge in [0.05, 0.1) is 31.5 Å². The van der Waals surface area contributed by atoms with Gasteiger partial charge in [-0.1, -0.05) is 64.0 Å². The number of unbranched alkanes of at least 4 members (excludes halogenated alkanes) is 6. The molecule has 0 radical (unpaired) electrons. The minimum Gasteiger partial charge on any atom is -0.304 e. The first-order valence-electron chi connectivity index (χ1n) is 12.1. The number of rotatable bonds is 18. The summed E-state index contributed by atoms with van der Waals surface area (Å²) in [6.45, 7) is 8.70. The van der Waals surface area contributed by atoms with Gasteiger partial charge in [0.2, 0.25) is 0 Å². The SMILES string of the molecule is CCCCCCCCCC(Cc1ccc(C(F)(F)F)cc1)OC(OCC)(OCC)OCC. The molecule has 0 fully saturated rings. The van der Waals surface area contributed by atoms with Gasteiger partial charge >= 0.3 is 12.3 Å². The maximum Gasteiger partial charge on any atom is 0.416 e. The van der Waals surface area contributed by atoms with Crippen LogP contribution >= 0.6 is 0 Å². The Bertz CT molecular complexity index is 573. The zero-order valence-electron chi connectivity index (χ0n) is 20.1. The maximum atomic E-state index is 12.9. The third-order valence-electron chi connectivity index (χ3n) is 5.15. The molecular weight excluding hydrogens is 421 g/mol. The molecule has 32 heavy (non-hydrogen) atoms. The molecule has 0 amide bonds. The average Bonchev–Trinajstić information content (AvgIpc) is 2.73. The summed E-state index contributed by atoms with van der Waals surface area (Å²) in [6.07, 6.45) is 3.09. The van der Waals surface area contributed by atoms with Crippen LogP contribution in [0.4, 0.5) is 13.2 Å². The second kappa shape index (κ2) is 15.6. The number of ether oxygens (including phenoxy) is 4. The van der Waals surface area contributed by atoms with E-state index in [4.69, 9.17) is 18.9 Å². The van der Waals surface area contributed by atoms with Crippen molar-refractivity contribution in [2.45, 2.75) is 104 Å². The molecule has 1 unspecified atom stereocenters. The summed E-state index contributed by atoms with van der Waals surface area (Å²) in [5.41, 5.74) is 0.113. The van der Waals surface area contributed by atoms with E-state index in [2.05, 4.69) is 6.92 Å². The molecule has 0 spiro atoms. The highest BCUT2D eigenvalue weighted by atomic mass is 19.4. The highest BCUT2D eigenvalue weighted by Gasteiger charge is 2.38. The monoisotopic (exact) mass is 462 g/mol. The highest BCUT2D eigenvalue weighted by molar-refractivity contribution is 5.25.